The summed E-state index contributed by atoms with van der Waals surface area (Å²) in [5.74, 6) is -0.799. The maximum absolute atomic E-state index is 14.7. The fourth-order valence-electron chi connectivity index (χ4n) is 4.37. The van der Waals surface area contributed by atoms with E-state index in [1.165, 1.54) is 24.3 Å². The van der Waals surface area contributed by atoms with Crippen molar-refractivity contribution >= 4 is 40.2 Å². The molecule has 1 saturated carbocycles. The number of hydrogen-bond donors (Lipinski definition) is 3. The number of carbonyl (C=O) groups is 1. The number of imidazole rings is 1. The molecular formula is C24H27ClF2N4O. The van der Waals surface area contributed by atoms with E-state index < -0.39 is 17.5 Å². The molecule has 0 atom stereocenters. The van der Waals surface area contributed by atoms with Crippen LogP contribution in [0.2, 0.25) is 5.02 Å². The Bertz CT molecular complexity index is 1130. The summed E-state index contributed by atoms with van der Waals surface area (Å²) in [5, 5.41) is 5.95. The van der Waals surface area contributed by atoms with Crippen molar-refractivity contribution in [3.8, 4) is 0 Å². The summed E-state index contributed by atoms with van der Waals surface area (Å²) in [7, 11) is 0. The number of nitrogens with zero attached hydrogens (tertiary/aromatic N) is 1. The minimum atomic E-state index is -0.641. The number of nitrogens with one attached hydrogen (secondary N) is 3. The van der Waals surface area contributed by atoms with Gasteiger partial charge in [-0.2, -0.15) is 0 Å². The number of anilines is 2. The van der Waals surface area contributed by atoms with Crippen LogP contribution in [0.5, 0.6) is 0 Å². The van der Waals surface area contributed by atoms with Gasteiger partial charge in [0.15, 0.2) is 0 Å². The first-order chi connectivity index (χ1) is 15.1. The zero-order chi connectivity index (χ0) is 23.0. The molecule has 1 aromatic heterocycles. The predicted octanol–water partition coefficient (Wildman–Crippen LogP) is 6.57. The van der Waals surface area contributed by atoms with Crippen molar-refractivity contribution in [2.45, 2.75) is 52.5 Å². The summed E-state index contributed by atoms with van der Waals surface area (Å²) < 4.78 is 28.7. The molecule has 1 aliphatic rings. The van der Waals surface area contributed by atoms with Crippen LogP contribution in [0, 0.1) is 23.0 Å². The van der Waals surface area contributed by atoms with Gasteiger partial charge in [0.2, 0.25) is 5.95 Å². The second kappa shape index (κ2) is 8.70. The summed E-state index contributed by atoms with van der Waals surface area (Å²) in [6.07, 6.45) is 3.86. The fourth-order valence-corrected chi connectivity index (χ4v) is 4.58. The molecule has 0 radical (unpaired) electrons. The topological polar surface area (TPSA) is 69.8 Å². The summed E-state index contributed by atoms with van der Waals surface area (Å²) in [6.45, 7) is 6.73. The minimum Gasteiger partial charge on any atom is -0.349 e. The second-order valence-corrected chi connectivity index (χ2v) is 9.95. The highest BCUT2D eigenvalue weighted by Crippen LogP contribution is 2.38. The molecule has 2 aromatic carbocycles. The number of H-pyrrole nitrogens is 1. The van der Waals surface area contributed by atoms with Crippen LogP contribution >= 0.6 is 11.6 Å². The number of hydrogen-bond acceptors (Lipinski definition) is 3. The van der Waals surface area contributed by atoms with Gasteiger partial charge in [-0.1, -0.05) is 38.4 Å². The van der Waals surface area contributed by atoms with Crippen molar-refractivity contribution in [2.24, 2.45) is 11.3 Å². The maximum atomic E-state index is 14.7. The van der Waals surface area contributed by atoms with Gasteiger partial charge in [0.25, 0.3) is 5.91 Å². The molecule has 0 spiro atoms. The zero-order valence-electron chi connectivity index (χ0n) is 18.4. The molecule has 1 amide bonds. The molecule has 0 unspecified atom stereocenters. The molecule has 1 aliphatic carbocycles. The second-order valence-electron chi connectivity index (χ2n) is 9.54. The smallest absolute Gasteiger partial charge is 0.254 e. The number of benzene rings is 2. The normalized spacial score (nSPS) is 19.2. The van der Waals surface area contributed by atoms with E-state index in [9.17, 15) is 13.6 Å². The van der Waals surface area contributed by atoms with Gasteiger partial charge in [0.1, 0.15) is 11.6 Å². The third-order valence-corrected chi connectivity index (χ3v) is 6.62. The summed E-state index contributed by atoms with van der Waals surface area (Å²) in [4.78, 5) is 20.0. The Morgan fingerprint density at radius 3 is 2.50 bits per heavy atom. The average Bonchev–Trinajstić information content (AvgIpc) is 3.11. The van der Waals surface area contributed by atoms with Crippen LogP contribution in [-0.2, 0) is 0 Å². The number of carbonyl (C=O) groups excluding carboxylic acids is 1. The number of aromatic nitrogens is 2. The van der Waals surface area contributed by atoms with Gasteiger partial charge in [-0.25, -0.2) is 13.8 Å². The highest BCUT2D eigenvalue weighted by atomic mass is 35.5. The number of amides is 1. The van der Waals surface area contributed by atoms with Crippen LogP contribution < -0.4 is 10.6 Å². The molecular weight excluding hydrogens is 434 g/mol. The van der Waals surface area contributed by atoms with Gasteiger partial charge in [-0.05, 0) is 55.2 Å². The molecule has 5 nitrogen and oxygen atoms in total. The molecule has 0 bridgehead atoms. The zero-order valence-corrected chi connectivity index (χ0v) is 19.1. The third-order valence-electron chi connectivity index (χ3n) is 6.31. The maximum Gasteiger partial charge on any atom is 0.254 e. The van der Waals surface area contributed by atoms with Gasteiger partial charge < -0.3 is 15.6 Å². The van der Waals surface area contributed by atoms with Crippen LogP contribution in [-0.4, -0.2) is 21.9 Å². The van der Waals surface area contributed by atoms with E-state index in [4.69, 9.17) is 11.6 Å². The average molecular weight is 461 g/mol. The molecule has 1 heterocycles. The van der Waals surface area contributed by atoms with Crippen LogP contribution in [0.3, 0.4) is 0 Å². The summed E-state index contributed by atoms with van der Waals surface area (Å²) in [5.41, 5.74) is 1.04. The van der Waals surface area contributed by atoms with Crippen molar-refractivity contribution in [1.82, 2.24) is 15.3 Å². The van der Waals surface area contributed by atoms with E-state index in [-0.39, 0.29) is 33.7 Å². The Morgan fingerprint density at radius 2 is 1.84 bits per heavy atom. The first-order valence-corrected chi connectivity index (χ1v) is 11.2. The van der Waals surface area contributed by atoms with E-state index in [0.29, 0.717) is 17.0 Å². The van der Waals surface area contributed by atoms with E-state index in [0.717, 1.165) is 25.7 Å². The van der Waals surface area contributed by atoms with Crippen molar-refractivity contribution in [3.63, 3.8) is 0 Å². The van der Waals surface area contributed by atoms with E-state index >= 15 is 0 Å². The lowest BCUT2D eigenvalue weighted by molar-refractivity contribution is 0.0900. The highest BCUT2D eigenvalue weighted by Gasteiger charge is 2.30. The molecule has 0 aliphatic heterocycles. The molecule has 8 heteroatoms. The Morgan fingerprint density at radius 1 is 1.12 bits per heavy atom. The molecule has 1 fully saturated rings. The van der Waals surface area contributed by atoms with Crippen molar-refractivity contribution in [2.75, 3.05) is 5.32 Å². The first kappa shape index (κ1) is 22.5. The van der Waals surface area contributed by atoms with Gasteiger partial charge in [0, 0.05) is 12.1 Å². The summed E-state index contributed by atoms with van der Waals surface area (Å²) in [6, 6.07) is 6.99. The highest BCUT2D eigenvalue weighted by molar-refractivity contribution is 6.33. The Labute approximate surface area is 191 Å². The fraction of sp³-hybridized carbons (Fsp3) is 0.417. The first-order valence-electron chi connectivity index (χ1n) is 10.8. The Kier molecular flexibility index (Phi) is 6.12. The standard InChI is InChI=1S/C24H27ClF2N4O/c1-24(2,3)13-7-9-14(10-8-13)28-22(32)15-11-19-20(12-18(15)27)30-23(29-19)31-21-16(25)5-4-6-17(21)26/h4-6,11-14H,7-10H2,1-3H3,(H,28,32)(H2,29,30,31)/t13-,14+. The minimum absolute atomic E-state index is 0.0378. The van der Waals surface area contributed by atoms with Gasteiger partial charge in [-0.15, -0.1) is 0 Å². The third kappa shape index (κ3) is 4.72. The predicted molar refractivity (Wildman–Crippen MR) is 123 cm³/mol. The van der Waals surface area contributed by atoms with Crippen molar-refractivity contribution in [1.29, 1.82) is 0 Å². The lowest BCUT2D eigenvalue weighted by Gasteiger charge is -2.37. The van der Waals surface area contributed by atoms with E-state index in [1.54, 1.807) is 6.07 Å². The number of aromatic amines is 1. The quantitative estimate of drug-likeness (QED) is 0.412. The molecule has 0 saturated heterocycles. The van der Waals surface area contributed by atoms with E-state index in [2.05, 4.69) is 41.4 Å². The van der Waals surface area contributed by atoms with Crippen LogP contribution in [0.1, 0.15) is 56.8 Å². The lowest BCUT2D eigenvalue weighted by atomic mass is 9.71. The SMILES string of the molecule is CC(C)(C)[C@H]1CC[C@@H](NC(=O)c2cc3nc(Nc4c(F)cccc4Cl)[nH]c3cc2F)CC1. The molecule has 3 aromatic rings. The number of rotatable bonds is 4. The lowest BCUT2D eigenvalue weighted by Crippen LogP contribution is -2.39. The molecule has 4 rings (SSSR count). The Hall–Kier alpha value is -2.67. The summed E-state index contributed by atoms with van der Waals surface area (Å²) >= 11 is 6.04. The van der Waals surface area contributed by atoms with Crippen LogP contribution in [0.25, 0.3) is 11.0 Å². The molecule has 170 valence electrons. The van der Waals surface area contributed by atoms with Crippen LogP contribution in [0.15, 0.2) is 30.3 Å². The largest absolute Gasteiger partial charge is 0.349 e. The van der Waals surface area contributed by atoms with Gasteiger partial charge in [0.05, 0.1) is 27.3 Å². The van der Waals surface area contributed by atoms with Crippen LogP contribution in [0.4, 0.5) is 20.4 Å². The molecule has 3 N–H and O–H groups in total. The van der Waals surface area contributed by atoms with Crippen molar-refractivity contribution in [3.05, 3.63) is 52.6 Å². The van der Waals surface area contributed by atoms with E-state index in [1.807, 2.05) is 0 Å². The van der Waals surface area contributed by atoms with Crippen molar-refractivity contribution < 1.29 is 13.6 Å². The number of halogens is 3. The molecule has 32 heavy (non-hydrogen) atoms. The monoisotopic (exact) mass is 460 g/mol. The Balaban J connectivity index is 1.49. The number of fused-ring (bicyclic) bond motifs is 1. The van der Waals surface area contributed by atoms with Gasteiger partial charge in [-0.3, -0.25) is 4.79 Å². The number of para-hydroxylation sites is 1. The van der Waals surface area contributed by atoms with Gasteiger partial charge >= 0.3 is 0 Å².